The second-order valence-corrected chi connectivity index (χ2v) is 9.15. The molecule has 0 radical (unpaired) electrons. The quantitative estimate of drug-likeness (QED) is 0.249. The minimum absolute atomic E-state index is 0.0979. The normalized spacial score (nSPS) is 24.4. The average molecular weight is 472 g/mol. The van der Waals surface area contributed by atoms with Crippen LogP contribution in [0.1, 0.15) is 37.8 Å². The summed E-state index contributed by atoms with van der Waals surface area (Å²) < 4.78 is 16.4. The predicted octanol–water partition coefficient (Wildman–Crippen LogP) is 0.236. The summed E-state index contributed by atoms with van der Waals surface area (Å²) >= 11 is 0. The Morgan fingerprint density at radius 1 is 1.15 bits per heavy atom. The van der Waals surface area contributed by atoms with Crippen LogP contribution in [0.5, 0.6) is 5.75 Å². The average Bonchev–Trinajstić information content (AvgIpc) is 2.77. The van der Waals surface area contributed by atoms with Crippen LogP contribution in [0.3, 0.4) is 0 Å². The highest BCUT2D eigenvalue weighted by molar-refractivity contribution is 5.96. The number of benzene rings is 1. The first kappa shape index (κ1) is 27.5. The summed E-state index contributed by atoms with van der Waals surface area (Å²) in [5.74, 6) is 0.0614. The maximum absolute atomic E-state index is 12.4. The Kier molecular flexibility index (Phi) is 10.0. The highest BCUT2D eigenvalue weighted by Crippen LogP contribution is 2.28. The van der Waals surface area contributed by atoms with Crippen molar-refractivity contribution >= 4 is 11.6 Å². The van der Waals surface area contributed by atoms with E-state index in [4.69, 9.17) is 14.2 Å². The summed E-state index contributed by atoms with van der Waals surface area (Å²) in [6.45, 7) is 7.17. The molecule has 6 N–H and O–H groups in total. The Hall–Kier alpha value is -1.79. The molecule has 1 aliphatic heterocycles. The molecule has 1 fully saturated rings. The number of hydrogen-bond donors (Lipinski definition) is 6. The van der Waals surface area contributed by atoms with Crippen molar-refractivity contribution in [2.24, 2.45) is 5.41 Å². The van der Waals surface area contributed by atoms with Gasteiger partial charge in [0, 0.05) is 17.7 Å². The van der Waals surface area contributed by atoms with Gasteiger partial charge in [0.2, 0.25) is 0 Å². The number of amides is 1. The molecule has 0 bridgehead atoms. The molecular formula is C23H37NO9. The minimum Gasteiger partial charge on any atom is -0.494 e. The van der Waals surface area contributed by atoms with E-state index in [1.807, 2.05) is 13.8 Å². The lowest BCUT2D eigenvalue weighted by molar-refractivity contribution is -0.270. The predicted molar refractivity (Wildman–Crippen MR) is 120 cm³/mol. The van der Waals surface area contributed by atoms with Crippen LogP contribution in [-0.2, 0) is 14.3 Å². The highest BCUT2D eigenvalue weighted by Gasteiger charge is 2.38. The first-order valence-corrected chi connectivity index (χ1v) is 11.1. The molecule has 0 aromatic heterocycles. The molecule has 1 aliphatic rings. The number of nitrogens with one attached hydrogen (secondary N) is 1. The molecule has 1 aromatic rings. The minimum atomic E-state index is -1.35. The Balaban J connectivity index is 1.78. The molecule has 1 saturated heterocycles. The number of anilines is 1. The molecule has 0 saturated carbocycles. The second kappa shape index (κ2) is 12.1. The number of hydrogen-bond acceptors (Lipinski definition) is 9. The van der Waals surface area contributed by atoms with Gasteiger partial charge in [-0.05, 0) is 49.9 Å². The second-order valence-electron chi connectivity index (χ2n) is 9.15. The third-order valence-corrected chi connectivity index (χ3v) is 5.69. The lowest BCUT2D eigenvalue weighted by Crippen LogP contribution is -2.53. The van der Waals surface area contributed by atoms with Gasteiger partial charge in [0.25, 0.3) is 5.91 Å². The van der Waals surface area contributed by atoms with E-state index in [2.05, 4.69) is 5.32 Å². The van der Waals surface area contributed by atoms with Crippen molar-refractivity contribution in [1.29, 1.82) is 0 Å². The number of aryl methyl sites for hydroxylation is 2. The van der Waals surface area contributed by atoms with E-state index < -0.39 is 42.0 Å². The number of ether oxygens (including phenoxy) is 3. The maximum atomic E-state index is 12.4. The van der Waals surface area contributed by atoms with E-state index in [1.165, 1.54) is 0 Å². The van der Waals surface area contributed by atoms with Crippen LogP contribution >= 0.6 is 0 Å². The van der Waals surface area contributed by atoms with Crippen LogP contribution in [0.15, 0.2) is 12.1 Å². The molecule has 1 amide bonds. The van der Waals surface area contributed by atoms with E-state index in [1.54, 1.807) is 26.0 Å². The molecule has 1 heterocycles. The zero-order valence-electron chi connectivity index (χ0n) is 19.7. The standard InChI is InChI=1S/C23H37NO9/c1-13-9-15(10-14(2)17(13)24-21(30)20(29)23(3,4)12-25)31-7-5-6-8-32-22-19(28)18(27)16(26)11-33-22/h9-10,16,18-20,22,25-29H,5-8,11-12H2,1-4H3,(H,24,30)/t16-,18+,19-,20?,22?/m1/s1. The van der Waals surface area contributed by atoms with Gasteiger partial charge in [0.15, 0.2) is 6.29 Å². The molecular weight excluding hydrogens is 434 g/mol. The molecule has 1 aromatic carbocycles. The van der Waals surface area contributed by atoms with Crippen molar-refractivity contribution in [2.75, 3.05) is 31.7 Å². The molecule has 10 heteroatoms. The van der Waals surface area contributed by atoms with Crippen molar-refractivity contribution in [3.8, 4) is 5.75 Å². The van der Waals surface area contributed by atoms with Crippen LogP contribution in [-0.4, -0.2) is 88.6 Å². The Bertz CT molecular complexity index is 762. The fourth-order valence-corrected chi connectivity index (χ4v) is 3.36. The molecule has 0 aliphatic carbocycles. The van der Waals surface area contributed by atoms with Gasteiger partial charge in [-0.15, -0.1) is 0 Å². The van der Waals surface area contributed by atoms with Gasteiger partial charge >= 0.3 is 0 Å². The lowest BCUT2D eigenvalue weighted by atomic mass is 9.87. The van der Waals surface area contributed by atoms with E-state index in [9.17, 15) is 30.3 Å². The lowest BCUT2D eigenvalue weighted by Gasteiger charge is -2.34. The van der Waals surface area contributed by atoms with Crippen LogP contribution in [0.2, 0.25) is 0 Å². The number of rotatable bonds is 11. The molecule has 10 nitrogen and oxygen atoms in total. The Morgan fingerprint density at radius 3 is 2.36 bits per heavy atom. The van der Waals surface area contributed by atoms with E-state index in [-0.39, 0.29) is 13.2 Å². The Morgan fingerprint density at radius 2 is 1.76 bits per heavy atom. The molecule has 0 spiro atoms. The van der Waals surface area contributed by atoms with Crippen molar-refractivity contribution in [2.45, 2.75) is 71.2 Å². The summed E-state index contributed by atoms with van der Waals surface area (Å²) in [4.78, 5) is 12.4. The van der Waals surface area contributed by atoms with E-state index in [0.717, 1.165) is 11.1 Å². The number of aliphatic hydroxyl groups is 5. The zero-order chi connectivity index (χ0) is 24.8. The van der Waals surface area contributed by atoms with Gasteiger partial charge < -0.3 is 45.1 Å². The van der Waals surface area contributed by atoms with Crippen molar-refractivity contribution < 1.29 is 44.5 Å². The largest absolute Gasteiger partial charge is 0.494 e. The topological polar surface area (TPSA) is 158 Å². The Labute approximate surface area is 194 Å². The van der Waals surface area contributed by atoms with Gasteiger partial charge in [-0.2, -0.15) is 0 Å². The van der Waals surface area contributed by atoms with Crippen molar-refractivity contribution in [1.82, 2.24) is 0 Å². The van der Waals surface area contributed by atoms with Gasteiger partial charge in [0.05, 0.1) is 19.8 Å². The number of unbranched alkanes of at least 4 members (excludes halogenated alkanes) is 1. The van der Waals surface area contributed by atoms with Gasteiger partial charge in [-0.1, -0.05) is 13.8 Å². The van der Waals surface area contributed by atoms with Gasteiger partial charge in [-0.3, -0.25) is 4.79 Å². The first-order chi connectivity index (χ1) is 15.5. The summed E-state index contributed by atoms with van der Waals surface area (Å²) in [5.41, 5.74) is 1.19. The fourth-order valence-electron chi connectivity index (χ4n) is 3.36. The third-order valence-electron chi connectivity index (χ3n) is 5.69. The van der Waals surface area contributed by atoms with Gasteiger partial charge in [-0.25, -0.2) is 0 Å². The van der Waals surface area contributed by atoms with Crippen LogP contribution in [0, 0.1) is 19.3 Å². The molecule has 33 heavy (non-hydrogen) atoms. The van der Waals surface area contributed by atoms with Crippen LogP contribution in [0.4, 0.5) is 5.69 Å². The summed E-state index contributed by atoms with van der Waals surface area (Å²) in [6.07, 6.45) is -4.74. The van der Waals surface area contributed by atoms with E-state index >= 15 is 0 Å². The highest BCUT2D eigenvalue weighted by atomic mass is 16.7. The monoisotopic (exact) mass is 471 g/mol. The van der Waals surface area contributed by atoms with Crippen molar-refractivity contribution in [3.05, 3.63) is 23.3 Å². The molecule has 188 valence electrons. The summed E-state index contributed by atoms with van der Waals surface area (Å²) in [7, 11) is 0. The van der Waals surface area contributed by atoms with Crippen LogP contribution in [0.25, 0.3) is 0 Å². The number of carbonyl (C=O) groups is 1. The van der Waals surface area contributed by atoms with Crippen LogP contribution < -0.4 is 10.1 Å². The zero-order valence-corrected chi connectivity index (χ0v) is 19.7. The summed E-state index contributed by atoms with van der Waals surface area (Å²) in [6, 6.07) is 3.59. The van der Waals surface area contributed by atoms with E-state index in [0.29, 0.717) is 37.5 Å². The first-order valence-electron chi connectivity index (χ1n) is 11.1. The van der Waals surface area contributed by atoms with Crippen molar-refractivity contribution in [3.63, 3.8) is 0 Å². The third kappa shape index (κ3) is 7.35. The maximum Gasteiger partial charge on any atom is 0.253 e. The number of aliphatic hydroxyl groups excluding tert-OH is 5. The molecule has 2 unspecified atom stereocenters. The SMILES string of the molecule is Cc1cc(OCCCCOC2OC[C@@H](O)[C@H](O)[C@H]2O)cc(C)c1NC(=O)C(O)C(C)(C)CO. The molecule has 5 atom stereocenters. The number of carbonyl (C=O) groups excluding carboxylic acids is 1. The van der Waals surface area contributed by atoms with Gasteiger partial charge in [0.1, 0.15) is 30.2 Å². The fraction of sp³-hybridized carbons (Fsp3) is 0.696. The molecule has 2 rings (SSSR count). The smallest absolute Gasteiger partial charge is 0.253 e. The summed E-state index contributed by atoms with van der Waals surface area (Å²) in [5, 5.41) is 51.2.